The number of hydrogen-bond donors (Lipinski definition) is 1. The van der Waals surface area contributed by atoms with E-state index in [1.807, 2.05) is 27.7 Å². The maximum Gasteiger partial charge on any atom is 0.297 e. The predicted molar refractivity (Wildman–Crippen MR) is 51.4 cm³/mol. The maximum atomic E-state index is 10.6. The summed E-state index contributed by atoms with van der Waals surface area (Å²) >= 11 is 0. The van der Waals surface area contributed by atoms with Crippen LogP contribution in [-0.2, 0) is 9.24 Å². The molecule has 0 radical (unpaired) electrons. The Hall–Kier alpha value is 0.200. The zero-order valence-electron chi connectivity index (χ0n) is 7.89. The molecule has 5 heteroatoms. The third kappa shape index (κ3) is 4.95. The Kier molecular flexibility index (Phi) is 4.00. The molecule has 0 saturated heterocycles. The van der Waals surface area contributed by atoms with Crippen LogP contribution >= 0.6 is 10.7 Å². The molecule has 0 aliphatic carbocycles. The van der Waals surface area contributed by atoms with Crippen molar-refractivity contribution < 1.29 is 8.42 Å². The van der Waals surface area contributed by atoms with Crippen LogP contribution in [0.15, 0.2) is 0 Å². The normalized spacial score (nSPS) is 13.8. The Morgan fingerprint density at radius 1 is 1.42 bits per heavy atom. The number of nitrogens with one attached hydrogen (secondary N) is 1. The van der Waals surface area contributed by atoms with Crippen LogP contribution in [0, 0.1) is 11.3 Å². The van der Waals surface area contributed by atoms with Gasteiger partial charge in [0.05, 0.1) is 0 Å². The minimum atomic E-state index is -3.57. The van der Waals surface area contributed by atoms with Crippen molar-refractivity contribution in [1.29, 1.82) is 0 Å². The highest BCUT2D eigenvalue weighted by Gasteiger charge is 2.23. The monoisotopic (exact) mass is 213 g/mol. The fourth-order valence-electron chi connectivity index (χ4n) is 0.476. The predicted octanol–water partition coefficient (Wildman–Crippen LogP) is 1.74. The van der Waals surface area contributed by atoms with Crippen LogP contribution in [-0.4, -0.2) is 15.0 Å². The second-order valence-electron chi connectivity index (χ2n) is 3.90. The highest BCUT2D eigenvalue weighted by molar-refractivity contribution is 8.12. The van der Waals surface area contributed by atoms with E-state index in [1.165, 1.54) is 0 Å². The smallest absolute Gasteiger partial charge is 0.201 e. The van der Waals surface area contributed by atoms with Crippen molar-refractivity contribution in [3.8, 4) is 0 Å². The van der Waals surface area contributed by atoms with E-state index in [0.29, 0.717) is 12.5 Å². The highest BCUT2D eigenvalue weighted by atomic mass is 35.7. The molecule has 0 amide bonds. The van der Waals surface area contributed by atoms with Crippen LogP contribution in [0.3, 0.4) is 0 Å². The Morgan fingerprint density at radius 3 is 2.08 bits per heavy atom. The molecule has 0 spiro atoms. The molecule has 3 nitrogen and oxygen atoms in total. The van der Waals surface area contributed by atoms with Gasteiger partial charge in [0.15, 0.2) is 0 Å². The first-order chi connectivity index (χ1) is 5.15. The molecule has 0 aliphatic rings. The molecule has 0 atom stereocenters. The summed E-state index contributed by atoms with van der Waals surface area (Å²) in [5.41, 5.74) is -0.0675. The fraction of sp³-hybridized carbons (Fsp3) is 1.00. The molecule has 0 aliphatic heterocycles. The van der Waals surface area contributed by atoms with Crippen LogP contribution in [0.5, 0.6) is 0 Å². The first kappa shape index (κ1) is 12.2. The first-order valence-corrected chi connectivity index (χ1v) is 6.15. The van der Waals surface area contributed by atoms with Crippen LogP contribution < -0.4 is 4.72 Å². The summed E-state index contributed by atoms with van der Waals surface area (Å²) in [6, 6.07) is 0. The van der Waals surface area contributed by atoms with Crippen LogP contribution in [0.1, 0.15) is 27.7 Å². The quantitative estimate of drug-likeness (QED) is 0.724. The largest absolute Gasteiger partial charge is 0.297 e. The fourth-order valence-corrected chi connectivity index (χ4v) is 1.18. The van der Waals surface area contributed by atoms with Crippen molar-refractivity contribution in [3.63, 3.8) is 0 Å². The van der Waals surface area contributed by atoms with E-state index in [2.05, 4.69) is 4.72 Å². The summed E-state index contributed by atoms with van der Waals surface area (Å²) in [6.07, 6.45) is 0. The molecule has 74 valence electrons. The lowest BCUT2D eigenvalue weighted by Crippen LogP contribution is -2.34. The molecule has 0 rings (SSSR count). The SMILES string of the molecule is CC(C)C(C)(C)CNS(=O)(=O)Cl. The van der Waals surface area contributed by atoms with Gasteiger partial charge in [0.1, 0.15) is 0 Å². The Balaban J connectivity index is 4.10. The minimum absolute atomic E-state index is 0.0675. The molecule has 0 fully saturated rings. The summed E-state index contributed by atoms with van der Waals surface area (Å²) in [5, 5.41) is 0. The topological polar surface area (TPSA) is 46.2 Å². The van der Waals surface area contributed by atoms with E-state index in [-0.39, 0.29) is 5.41 Å². The zero-order valence-corrected chi connectivity index (χ0v) is 9.46. The van der Waals surface area contributed by atoms with Crippen molar-refractivity contribution in [3.05, 3.63) is 0 Å². The van der Waals surface area contributed by atoms with E-state index in [1.54, 1.807) is 0 Å². The van der Waals surface area contributed by atoms with Gasteiger partial charge in [-0.05, 0) is 11.3 Å². The Labute approximate surface area is 79.0 Å². The molecule has 0 heterocycles. The summed E-state index contributed by atoms with van der Waals surface area (Å²) in [4.78, 5) is 0. The molecule has 0 aromatic rings. The van der Waals surface area contributed by atoms with Crippen LogP contribution in [0.25, 0.3) is 0 Å². The van der Waals surface area contributed by atoms with Gasteiger partial charge in [0, 0.05) is 17.2 Å². The van der Waals surface area contributed by atoms with E-state index in [9.17, 15) is 8.42 Å². The van der Waals surface area contributed by atoms with E-state index < -0.39 is 9.24 Å². The number of rotatable bonds is 4. The van der Waals surface area contributed by atoms with Crippen molar-refractivity contribution in [1.82, 2.24) is 4.72 Å². The van der Waals surface area contributed by atoms with Gasteiger partial charge in [-0.25, -0.2) is 4.72 Å². The molecular formula is C7H16ClNO2S. The van der Waals surface area contributed by atoms with Gasteiger partial charge in [-0.15, -0.1) is 0 Å². The second-order valence-corrected chi connectivity index (χ2v) is 6.29. The summed E-state index contributed by atoms with van der Waals surface area (Å²) in [5.74, 6) is 0.406. The minimum Gasteiger partial charge on any atom is -0.201 e. The highest BCUT2D eigenvalue weighted by Crippen LogP contribution is 2.24. The van der Waals surface area contributed by atoms with Gasteiger partial charge >= 0.3 is 0 Å². The summed E-state index contributed by atoms with van der Waals surface area (Å²) in [7, 11) is 1.44. The number of hydrogen-bond acceptors (Lipinski definition) is 2. The van der Waals surface area contributed by atoms with Gasteiger partial charge in [-0.2, -0.15) is 8.42 Å². The average molecular weight is 214 g/mol. The summed E-state index contributed by atoms with van der Waals surface area (Å²) < 4.78 is 23.4. The van der Waals surface area contributed by atoms with Crippen molar-refractivity contribution in [2.45, 2.75) is 27.7 Å². The van der Waals surface area contributed by atoms with Crippen LogP contribution in [0.4, 0.5) is 0 Å². The first-order valence-electron chi connectivity index (χ1n) is 3.84. The van der Waals surface area contributed by atoms with Gasteiger partial charge in [-0.3, -0.25) is 0 Å². The lowest BCUT2D eigenvalue weighted by molar-refractivity contribution is 0.252. The van der Waals surface area contributed by atoms with E-state index in [4.69, 9.17) is 10.7 Å². The Morgan fingerprint density at radius 2 is 1.83 bits per heavy atom. The maximum absolute atomic E-state index is 10.6. The third-order valence-corrected chi connectivity index (χ3v) is 3.08. The standard InChI is InChI=1S/C7H16ClNO2S/c1-6(2)7(3,4)5-9-12(8,10)11/h6,9H,5H2,1-4H3. The molecular weight excluding hydrogens is 198 g/mol. The van der Waals surface area contributed by atoms with E-state index >= 15 is 0 Å². The average Bonchev–Trinajstić information content (AvgIpc) is 1.82. The molecule has 12 heavy (non-hydrogen) atoms. The molecule has 0 aromatic heterocycles. The molecule has 0 unspecified atom stereocenters. The van der Waals surface area contributed by atoms with Crippen molar-refractivity contribution in [2.24, 2.45) is 11.3 Å². The van der Waals surface area contributed by atoms with E-state index in [0.717, 1.165) is 0 Å². The molecule has 0 bridgehead atoms. The Bertz CT molecular complexity index is 234. The second kappa shape index (κ2) is 3.94. The van der Waals surface area contributed by atoms with Gasteiger partial charge in [0.25, 0.3) is 9.24 Å². The molecule has 0 saturated carbocycles. The van der Waals surface area contributed by atoms with Gasteiger partial charge in [-0.1, -0.05) is 27.7 Å². The van der Waals surface area contributed by atoms with Crippen LogP contribution in [0.2, 0.25) is 0 Å². The lowest BCUT2D eigenvalue weighted by atomic mass is 9.81. The van der Waals surface area contributed by atoms with Gasteiger partial charge in [0.2, 0.25) is 0 Å². The zero-order chi connectivity index (χ0) is 9.99. The summed E-state index contributed by atoms with van der Waals surface area (Å²) in [6.45, 7) is 8.45. The molecule has 1 N–H and O–H groups in total. The van der Waals surface area contributed by atoms with Gasteiger partial charge < -0.3 is 0 Å². The third-order valence-electron chi connectivity index (χ3n) is 2.26. The van der Waals surface area contributed by atoms with Crippen molar-refractivity contribution in [2.75, 3.05) is 6.54 Å². The van der Waals surface area contributed by atoms with Crippen molar-refractivity contribution >= 4 is 19.9 Å². The molecule has 0 aromatic carbocycles. The lowest BCUT2D eigenvalue weighted by Gasteiger charge is -2.28. The number of halogens is 1.